The molecule has 0 saturated carbocycles. The van der Waals surface area contributed by atoms with Crippen LogP contribution in [0.1, 0.15) is 10.4 Å². The molecule has 0 aromatic heterocycles. The van der Waals surface area contributed by atoms with Gasteiger partial charge in [0.05, 0.1) is 0 Å². The van der Waals surface area contributed by atoms with Gasteiger partial charge < -0.3 is 0 Å². The predicted molar refractivity (Wildman–Crippen MR) is 44.1 cm³/mol. The molecule has 1 rings (SSSR count). The van der Waals surface area contributed by atoms with E-state index in [4.69, 9.17) is 23.6 Å². The number of hydrogen-bond donors (Lipinski definition) is 0. The summed E-state index contributed by atoms with van der Waals surface area (Å²) >= 11 is 9.66. The molecule has 0 unspecified atom stereocenters. The molecule has 0 fully saturated rings. The fourth-order valence-electron chi connectivity index (χ4n) is 0.877. The van der Waals surface area contributed by atoms with Crippen molar-refractivity contribution in [2.24, 2.45) is 0 Å². The Morgan fingerprint density at radius 1 is 0.812 bits per heavy atom. The number of benzene rings is 1. The van der Waals surface area contributed by atoms with Crippen molar-refractivity contribution in [3.63, 3.8) is 0 Å². The second-order valence-corrected chi connectivity index (χ2v) is 3.33. The third-order valence-electron chi connectivity index (χ3n) is 1.58. The van der Waals surface area contributed by atoms with E-state index in [2.05, 4.69) is 0 Å². The molecule has 0 bridgehead atoms. The van der Waals surface area contributed by atoms with Gasteiger partial charge in [-0.15, -0.1) is 0 Å². The van der Waals surface area contributed by atoms with E-state index in [1.165, 1.54) is 0 Å². The molecule has 1 aromatic rings. The van der Waals surface area contributed by atoms with Crippen molar-refractivity contribution in [3.8, 4) is 0 Å². The second kappa shape index (κ2) is 4.42. The van der Waals surface area contributed by atoms with Gasteiger partial charge in [-0.3, -0.25) is 4.79 Å². The molecule has 0 saturated heterocycles. The van der Waals surface area contributed by atoms with Gasteiger partial charge in [0.15, 0.2) is 23.3 Å². The summed E-state index contributed by atoms with van der Waals surface area (Å²) in [7, 11) is 0. The van der Waals surface area contributed by atoms with Gasteiger partial charge in [-0.25, -0.2) is 22.0 Å². The Morgan fingerprint density at radius 3 is 1.44 bits per heavy atom. The van der Waals surface area contributed by atoms with Crippen molar-refractivity contribution in [1.82, 2.24) is 3.94 Å². The molecule has 1 aromatic carbocycles. The van der Waals surface area contributed by atoms with Crippen molar-refractivity contribution in [3.05, 3.63) is 34.6 Å². The molecule has 0 aliphatic carbocycles. The Hall–Kier alpha value is -1.08. The fourth-order valence-corrected chi connectivity index (χ4v) is 1.05. The van der Waals surface area contributed by atoms with Gasteiger partial charge >= 0.3 is 0 Å². The van der Waals surface area contributed by atoms with Gasteiger partial charge in [0.1, 0.15) is 5.56 Å². The standard InChI is InChI=1S/C7Cl2F5NO/c8-15(9)7(16)1-2(10)4(12)6(14)5(13)3(1)11. The summed E-state index contributed by atoms with van der Waals surface area (Å²) in [5, 5.41) is 0. The van der Waals surface area contributed by atoms with E-state index in [9.17, 15) is 26.7 Å². The molecule has 16 heavy (non-hydrogen) atoms. The average Bonchev–Trinajstić information content (AvgIpc) is 2.23. The monoisotopic (exact) mass is 279 g/mol. The highest BCUT2D eigenvalue weighted by molar-refractivity contribution is 6.43. The van der Waals surface area contributed by atoms with Crippen molar-refractivity contribution >= 4 is 29.5 Å². The highest BCUT2D eigenvalue weighted by Crippen LogP contribution is 2.25. The molecule has 0 N–H and O–H groups in total. The quantitative estimate of drug-likeness (QED) is 0.335. The van der Waals surface area contributed by atoms with Crippen LogP contribution < -0.4 is 0 Å². The number of carbonyl (C=O) groups excluding carboxylic acids is 1. The number of halogens is 7. The zero-order valence-electron chi connectivity index (χ0n) is 7.00. The van der Waals surface area contributed by atoms with Gasteiger partial charge in [0.2, 0.25) is 5.82 Å². The summed E-state index contributed by atoms with van der Waals surface area (Å²) in [6, 6.07) is 0. The minimum absolute atomic E-state index is 0.349. The van der Waals surface area contributed by atoms with Crippen LogP contribution in [0.25, 0.3) is 0 Å². The van der Waals surface area contributed by atoms with Crippen molar-refractivity contribution in [1.29, 1.82) is 0 Å². The summed E-state index contributed by atoms with van der Waals surface area (Å²) < 4.78 is 63.3. The minimum atomic E-state index is -2.37. The van der Waals surface area contributed by atoms with Crippen molar-refractivity contribution in [2.75, 3.05) is 0 Å². The topological polar surface area (TPSA) is 20.3 Å². The smallest absolute Gasteiger partial charge is 0.266 e. The van der Waals surface area contributed by atoms with Crippen LogP contribution in [0, 0.1) is 29.1 Å². The SMILES string of the molecule is O=C(c1c(F)c(F)c(F)c(F)c1F)N(Cl)Cl. The Bertz CT molecular complexity index is 436. The molecule has 0 aliphatic heterocycles. The Balaban J connectivity index is 3.58. The maximum absolute atomic E-state index is 12.9. The van der Waals surface area contributed by atoms with Gasteiger partial charge in [-0.1, -0.05) is 0 Å². The Morgan fingerprint density at radius 2 is 1.12 bits per heavy atom. The molecule has 0 aliphatic rings. The first-order valence-electron chi connectivity index (χ1n) is 3.46. The van der Waals surface area contributed by atoms with Gasteiger partial charge in [-0.05, 0) is 0 Å². The normalized spacial score (nSPS) is 10.4. The molecule has 2 nitrogen and oxygen atoms in total. The first-order valence-corrected chi connectivity index (χ1v) is 4.14. The molecule has 1 amide bonds. The van der Waals surface area contributed by atoms with E-state index in [1.54, 1.807) is 0 Å². The lowest BCUT2D eigenvalue weighted by Gasteiger charge is -2.08. The predicted octanol–water partition coefficient (Wildman–Crippen LogP) is 3.13. The van der Waals surface area contributed by atoms with E-state index in [-0.39, 0.29) is 3.94 Å². The van der Waals surface area contributed by atoms with E-state index < -0.39 is 40.6 Å². The largest absolute Gasteiger partial charge is 0.289 e. The Kier molecular flexibility index (Phi) is 3.59. The molecule has 88 valence electrons. The van der Waals surface area contributed by atoms with Crippen molar-refractivity contribution in [2.45, 2.75) is 0 Å². The summed E-state index contributed by atoms with van der Waals surface area (Å²) in [4.78, 5) is 10.9. The van der Waals surface area contributed by atoms with Gasteiger partial charge in [0, 0.05) is 23.6 Å². The van der Waals surface area contributed by atoms with Gasteiger partial charge in [-0.2, -0.15) is 3.94 Å². The first kappa shape index (κ1) is 13.0. The molecule has 0 spiro atoms. The number of hydrogen-bond acceptors (Lipinski definition) is 1. The highest BCUT2D eigenvalue weighted by atomic mass is 35.5. The number of carbonyl (C=O) groups is 1. The Labute approximate surface area is 95.4 Å². The van der Waals surface area contributed by atoms with E-state index in [0.717, 1.165) is 0 Å². The second-order valence-electron chi connectivity index (χ2n) is 2.48. The van der Waals surface area contributed by atoms with Crippen LogP contribution in [-0.2, 0) is 0 Å². The summed E-state index contributed by atoms with van der Waals surface area (Å²) in [6.45, 7) is 0. The third kappa shape index (κ3) is 1.92. The van der Waals surface area contributed by atoms with Crippen LogP contribution in [0.4, 0.5) is 22.0 Å². The third-order valence-corrected chi connectivity index (χ3v) is 1.88. The lowest BCUT2D eigenvalue weighted by molar-refractivity contribution is 0.0912. The molecular weight excluding hydrogens is 280 g/mol. The van der Waals surface area contributed by atoms with Crippen LogP contribution in [-0.4, -0.2) is 9.85 Å². The molecule has 9 heteroatoms. The van der Waals surface area contributed by atoms with Crippen molar-refractivity contribution < 1.29 is 26.7 Å². The number of amides is 1. The van der Waals surface area contributed by atoms with Crippen LogP contribution in [0.3, 0.4) is 0 Å². The summed E-state index contributed by atoms with van der Waals surface area (Å²) in [5.41, 5.74) is -1.72. The van der Waals surface area contributed by atoms with E-state index in [0.29, 0.717) is 0 Å². The summed E-state index contributed by atoms with van der Waals surface area (Å²) in [6.07, 6.45) is 0. The number of rotatable bonds is 1. The lowest BCUT2D eigenvalue weighted by atomic mass is 10.1. The average molecular weight is 280 g/mol. The highest BCUT2D eigenvalue weighted by Gasteiger charge is 2.31. The van der Waals surface area contributed by atoms with E-state index in [1.807, 2.05) is 0 Å². The molecule has 0 heterocycles. The number of nitrogens with zero attached hydrogens (tertiary/aromatic N) is 1. The first-order chi connectivity index (χ1) is 7.29. The fraction of sp³-hybridized carbons (Fsp3) is 0. The molecule has 0 radical (unpaired) electrons. The van der Waals surface area contributed by atoms with Gasteiger partial charge in [0.25, 0.3) is 5.91 Å². The zero-order chi connectivity index (χ0) is 12.6. The summed E-state index contributed by atoms with van der Waals surface area (Å²) in [5.74, 6) is -13.2. The zero-order valence-corrected chi connectivity index (χ0v) is 8.51. The minimum Gasteiger partial charge on any atom is -0.266 e. The van der Waals surface area contributed by atoms with Crippen LogP contribution in [0.15, 0.2) is 0 Å². The lowest BCUT2D eigenvalue weighted by Crippen LogP contribution is -2.19. The maximum atomic E-state index is 12.9. The molecule has 0 atom stereocenters. The van der Waals surface area contributed by atoms with Crippen LogP contribution >= 0.6 is 23.6 Å². The van der Waals surface area contributed by atoms with E-state index >= 15 is 0 Å². The van der Waals surface area contributed by atoms with Crippen LogP contribution in [0.2, 0.25) is 0 Å². The van der Waals surface area contributed by atoms with Crippen LogP contribution in [0.5, 0.6) is 0 Å². The maximum Gasteiger partial charge on any atom is 0.289 e. The molecular formula is C7Cl2F5NO.